The van der Waals surface area contributed by atoms with Crippen molar-refractivity contribution in [2.75, 3.05) is 6.79 Å². The van der Waals surface area contributed by atoms with Gasteiger partial charge in [-0.25, -0.2) is 0 Å². The molecule has 0 heterocycles. The van der Waals surface area contributed by atoms with Crippen LogP contribution in [0.15, 0.2) is 83.8 Å². The Balaban J connectivity index is 1.48. The average molecular weight is 343 g/mol. The van der Waals surface area contributed by atoms with E-state index in [0.29, 0.717) is 5.02 Å². The summed E-state index contributed by atoms with van der Waals surface area (Å²) in [7, 11) is 0. The molecule has 0 N–H and O–H groups in total. The first kappa shape index (κ1) is 15.9. The van der Waals surface area contributed by atoms with Gasteiger partial charge in [-0.2, -0.15) is 0 Å². The zero-order valence-corrected chi connectivity index (χ0v) is 13.9. The molecule has 3 rings (SSSR count). The fraction of sp³-hybridized carbons (Fsp3) is 0.0526. The van der Waals surface area contributed by atoms with Crippen LogP contribution >= 0.6 is 23.6 Å². The van der Waals surface area contributed by atoms with Crippen molar-refractivity contribution in [2.24, 2.45) is 0 Å². The van der Waals surface area contributed by atoms with Crippen molar-refractivity contribution in [1.29, 1.82) is 0 Å². The lowest BCUT2D eigenvalue weighted by molar-refractivity contribution is 0.142. The normalized spacial score (nSPS) is 10.5. The van der Waals surface area contributed by atoms with Crippen molar-refractivity contribution in [1.82, 2.24) is 0 Å². The molecule has 0 saturated heterocycles. The predicted molar refractivity (Wildman–Crippen MR) is 95.8 cm³/mol. The van der Waals surface area contributed by atoms with Gasteiger partial charge in [0.2, 0.25) is 6.79 Å². The molecule has 2 nitrogen and oxygen atoms in total. The second-order valence-corrected chi connectivity index (χ2v) is 6.12. The van der Waals surface area contributed by atoms with Gasteiger partial charge in [0.05, 0.1) is 0 Å². The van der Waals surface area contributed by atoms with Crippen LogP contribution in [0, 0.1) is 0 Å². The largest absolute Gasteiger partial charge is 0.466 e. The highest BCUT2D eigenvalue weighted by atomic mass is 35.5. The fourth-order valence-electron chi connectivity index (χ4n) is 2.05. The maximum atomic E-state index is 5.84. The minimum atomic E-state index is 0.179. The SMILES string of the molecule is Clc1ccc(SOCOc2ccc(-c3ccccc3)cc2)cc1. The van der Waals surface area contributed by atoms with Gasteiger partial charge in [-0.15, -0.1) is 0 Å². The Bertz CT molecular complexity index is 728. The molecular weight excluding hydrogens is 328 g/mol. The molecule has 0 aliphatic rings. The average Bonchev–Trinajstić information content (AvgIpc) is 2.62. The third-order valence-corrected chi connectivity index (χ3v) is 4.13. The van der Waals surface area contributed by atoms with Crippen LogP contribution in [0.3, 0.4) is 0 Å². The molecule has 4 heteroatoms. The summed E-state index contributed by atoms with van der Waals surface area (Å²) in [6.45, 7) is 0.179. The minimum absolute atomic E-state index is 0.179. The molecular formula is C19H15ClO2S. The first-order chi connectivity index (χ1) is 11.3. The van der Waals surface area contributed by atoms with Gasteiger partial charge in [-0.1, -0.05) is 54.1 Å². The van der Waals surface area contributed by atoms with Crippen molar-refractivity contribution in [3.8, 4) is 16.9 Å². The molecule has 0 atom stereocenters. The molecule has 3 aromatic rings. The number of hydrogen-bond donors (Lipinski definition) is 0. The first-order valence-corrected chi connectivity index (χ1v) is 8.26. The standard InChI is InChI=1S/C19H15ClO2S/c20-17-8-12-19(13-9-17)23-22-14-21-18-10-6-16(7-11-18)15-4-2-1-3-5-15/h1-13H,14H2. The lowest BCUT2D eigenvalue weighted by Gasteiger charge is -2.07. The van der Waals surface area contributed by atoms with Crippen LogP contribution < -0.4 is 4.74 Å². The lowest BCUT2D eigenvalue weighted by Crippen LogP contribution is -1.97. The molecule has 0 amide bonds. The molecule has 0 aliphatic heterocycles. The summed E-state index contributed by atoms with van der Waals surface area (Å²) in [5.41, 5.74) is 2.35. The third kappa shape index (κ3) is 4.76. The second kappa shape index (κ2) is 8.06. The van der Waals surface area contributed by atoms with E-state index in [1.54, 1.807) is 0 Å². The molecule has 0 aromatic heterocycles. The van der Waals surface area contributed by atoms with Gasteiger partial charge < -0.3 is 4.74 Å². The molecule has 0 unspecified atom stereocenters. The van der Waals surface area contributed by atoms with Gasteiger partial charge in [0.15, 0.2) is 0 Å². The maximum absolute atomic E-state index is 5.84. The van der Waals surface area contributed by atoms with Crippen LogP contribution in [-0.2, 0) is 4.18 Å². The van der Waals surface area contributed by atoms with Crippen LogP contribution in [0.1, 0.15) is 0 Å². The topological polar surface area (TPSA) is 18.5 Å². The first-order valence-electron chi connectivity index (χ1n) is 7.14. The molecule has 0 radical (unpaired) electrons. The van der Waals surface area contributed by atoms with Crippen LogP contribution in [0.25, 0.3) is 11.1 Å². The summed E-state index contributed by atoms with van der Waals surface area (Å²) in [5.74, 6) is 0.779. The number of hydrogen-bond acceptors (Lipinski definition) is 3. The Kier molecular flexibility index (Phi) is 5.59. The summed E-state index contributed by atoms with van der Waals surface area (Å²) in [5, 5.41) is 0.712. The van der Waals surface area contributed by atoms with E-state index < -0.39 is 0 Å². The Morgan fingerprint density at radius 2 is 1.39 bits per heavy atom. The van der Waals surface area contributed by atoms with Gasteiger partial charge in [0.1, 0.15) is 5.75 Å². The summed E-state index contributed by atoms with van der Waals surface area (Å²) in [6.07, 6.45) is 0. The van der Waals surface area contributed by atoms with Crippen LogP contribution in [-0.4, -0.2) is 6.79 Å². The van der Waals surface area contributed by atoms with E-state index in [1.165, 1.54) is 17.6 Å². The van der Waals surface area contributed by atoms with Gasteiger partial charge in [0.25, 0.3) is 0 Å². The summed E-state index contributed by atoms with van der Waals surface area (Å²) in [4.78, 5) is 0.984. The Morgan fingerprint density at radius 3 is 2.09 bits per heavy atom. The third-order valence-electron chi connectivity index (χ3n) is 3.20. The molecule has 0 saturated carbocycles. The Morgan fingerprint density at radius 1 is 0.739 bits per heavy atom. The molecule has 0 aliphatic carbocycles. The zero-order chi connectivity index (χ0) is 15.9. The highest BCUT2D eigenvalue weighted by Crippen LogP contribution is 2.24. The number of ether oxygens (including phenoxy) is 1. The van der Waals surface area contributed by atoms with E-state index >= 15 is 0 Å². The fourth-order valence-corrected chi connectivity index (χ4v) is 2.65. The minimum Gasteiger partial charge on any atom is -0.466 e. The van der Waals surface area contributed by atoms with Crippen LogP contribution in [0.4, 0.5) is 0 Å². The lowest BCUT2D eigenvalue weighted by atomic mass is 10.1. The summed E-state index contributed by atoms with van der Waals surface area (Å²) in [6, 6.07) is 25.7. The summed E-state index contributed by atoms with van der Waals surface area (Å²) >= 11 is 7.10. The monoisotopic (exact) mass is 342 g/mol. The molecule has 0 spiro atoms. The smallest absolute Gasteiger partial charge is 0.202 e. The van der Waals surface area contributed by atoms with E-state index in [2.05, 4.69) is 12.1 Å². The quantitative estimate of drug-likeness (QED) is 0.308. The van der Waals surface area contributed by atoms with Crippen molar-refractivity contribution in [2.45, 2.75) is 4.90 Å². The number of benzene rings is 3. The van der Waals surface area contributed by atoms with E-state index in [-0.39, 0.29) is 6.79 Å². The number of halogens is 1. The molecule has 0 fully saturated rings. The molecule has 23 heavy (non-hydrogen) atoms. The van der Waals surface area contributed by atoms with Gasteiger partial charge >= 0.3 is 0 Å². The predicted octanol–water partition coefficient (Wildman–Crippen LogP) is 6.07. The second-order valence-electron chi connectivity index (χ2n) is 4.81. The van der Waals surface area contributed by atoms with Gasteiger partial charge in [-0.3, -0.25) is 4.18 Å². The zero-order valence-electron chi connectivity index (χ0n) is 12.3. The highest BCUT2D eigenvalue weighted by molar-refractivity contribution is 7.94. The van der Waals surface area contributed by atoms with Crippen LogP contribution in [0.5, 0.6) is 5.75 Å². The Labute approximate surface area is 145 Å². The van der Waals surface area contributed by atoms with E-state index in [1.807, 2.05) is 66.7 Å². The Hall–Kier alpha value is -1.94. The van der Waals surface area contributed by atoms with Crippen molar-refractivity contribution >= 4 is 23.6 Å². The van der Waals surface area contributed by atoms with E-state index in [9.17, 15) is 0 Å². The molecule has 116 valence electrons. The highest BCUT2D eigenvalue weighted by Gasteiger charge is 1.99. The van der Waals surface area contributed by atoms with Gasteiger partial charge in [-0.05, 0) is 47.5 Å². The van der Waals surface area contributed by atoms with E-state index in [0.717, 1.165) is 16.2 Å². The molecule has 3 aromatic carbocycles. The van der Waals surface area contributed by atoms with Crippen LogP contribution in [0.2, 0.25) is 5.02 Å². The number of rotatable bonds is 6. The summed E-state index contributed by atoms with van der Waals surface area (Å²) < 4.78 is 11.0. The maximum Gasteiger partial charge on any atom is 0.202 e. The van der Waals surface area contributed by atoms with Gasteiger partial charge in [0, 0.05) is 22.0 Å². The van der Waals surface area contributed by atoms with Crippen molar-refractivity contribution in [3.63, 3.8) is 0 Å². The van der Waals surface area contributed by atoms with E-state index in [4.69, 9.17) is 20.5 Å². The van der Waals surface area contributed by atoms with Crippen molar-refractivity contribution < 1.29 is 8.92 Å². The molecule has 0 bridgehead atoms. The van der Waals surface area contributed by atoms with Crippen molar-refractivity contribution in [3.05, 3.63) is 83.9 Å².